The maximum atomic E-state index is 13.2. The predicted octanol–water partition coefficient (Wildman–Crippen LogP) is 4.91. The average molecular weight is 448 g/mol. The van der Waals surface area contributed by atoms with Gasteiger partial charge in [-0.25, -0.2) is 4.98 Å². The van der Waals surface area contributed by atoms with Gasteiger partial charge in [-0.1, -0.05) is 31.6 Å². The van der Waals surface area contributed by atoms with Crippen LogP contribution < -0.4 is 14.8 Å². The number of hydrogen-bond donors (Lipinski definition) is 1. The van der Waals surface area contributed by atoms with Crippen LogP contribution >= 0.6 is 0 Å². The van der Waals surface area contributed by atoms with E-state index in [1.165, 1.54) is 0 Å². The van der Waals surface area contributed by atoms with Gasteiger partial charge in [0.1, 0.15) is 29.3 Å². The Morgan fingerprint density at radius 1 is 1.15 bits per heavy atom. The number of pyridine rings is 1. The summed E-state index contributed by atoms with van der Waals surface area (Å²) in [5.74, 6) is 1.72. The first-order chi connectivity index (χ1) is 16.2. The Morgan fingerprint density at radius 2 is 2.03 bits per heavy atom. The van der Waals surface area contributed by atoms with E-state index in [2.05, 4.69) is 40.6 Å². The topological polar surface area (TPSA) is 91.2 Å². The lowest BCUT2D eigenvalue weighted by molar-refractivity contribution is 0.102. The molecule has 2 aromatic heterocycles. The van der Waals surface area contributed by atoms with Gasteiger partial charge >= 0.3 is 0 Å². The maximum absolute atomic E-state index is 13.2. The molecule has 33 heavy (non-hydrogen) atoms. The molecule has 0 atom stereocenters. The number of carbonyl (C=O) groups excluding carboxylic acids is 1. The lowest BCUT2D eigenvalue weighted by Crippen LogP contribution is -2.15. The second-order valence-electron chi connectivity index (χ2n) is 7.24. The number of aromatic nitrogens is 4. The van der Waals surface area contributed by atoms with E-state index >= 15 is 0 Å². The molecule has 0 unspecified atom stereocenters. The first kappa shape index (κ1) is 23.7. The van der Waals surface area contributed by atoms with E-state index < -0.39 is 0 Å². The number of anilines is 1. The van der Waals surface area contributed by atoms with Crippen molar-refractivity contribution in [3.05, 3.63) is 73.6 Å². The third kappa shape index (κ3) is 6.52. The largest absolute Gasteiger partial charge is 0.494 e. The Labute approximate surface area is 194 Å². The van der Waals surface area contributed by atoms with Crippen molar-refractivity contribution in [1.82, 2.24) is 19.7 Å². The molecular formula is C25H29N5O3. The van der Waals surface area contributed by atoms with Crippen LogP contribution in [-0.2, 0) is 6.54 Å². The summed E-state index contributed by atoms with van der Waals surface area (Å²) in [6, 6.07) is 10.6. The third-order valence-corrected chi connectivity index (χ3v) is 4.70. The monoisotopic (exact) mass is 447 g/mol. The van der Waals surface area contributed by atoms with Gasteiger partial charge in [-0.3, -0.25) is 4.79 Å². The smallest absolute Gasteiger partial charge is 0.260 e. The van der Waals surface area contributed by atoms with Crippen molar-refractivity contribution in [3.63, 3.8) is 0 Å². The number of hydrogen-bond acceptors (Lipinski definition) is 6. The van der Waals surface area contributed by atoms with Crippen LogP contribution in [0.15, 0.2) is 68.0 Å². The fraction of sp³-hybridized carbons (Fsp3) is 0.280. The van der Waals surface area contributed by atoms with Gasteiger partial charge in [-0.05, 0) is 43.2 Å². The van der Waals surface area contributed by atoms with E-state index in [1.54, 1.807) is 48.8 Å². The molecule has 0 bridgehead atoms. The van der Waals surface area contributed by atoms with Crippen LogP contribution in [0.25, 0.3) is 11.5 Å². The Morgan fingerprint density at radius 3 is 2.82 bits per heavy atom. The first-order valence-corrected chi connectivity index (χ1v) is 10.9. The van der Waals surface area contributed by atoms with Crippen LogP contribution in [0.5, 0.6) is 11.5 Å². The Balaban J connectivity index is 1.83. The average Bonchev–Trinajstić information content (AvgIpc) is 3.29. The summed E-state index contributed by atoms with van der Waals surface area (Å²) in [5.41, 5.74) is 0.960. The van der Waals surface area contributed by atoms with E-state index in [-0.39, 0.29) is 5.91 Å². The molecule has 0 aliphatic carbocycles. The fourth-order valence-electron chi connectivity index (χ4n) is 3.03. The molecule has 3 rings (SSSR count). The zero-order valence-electron chi connectivity index (χ0n) is 18.9. The number of carbonyl (C=O) groups is 1. The Hall–Kier alpha value is -3.94. The summed E-state index contributed by atoms with van der Waals surface area (Å²) in [5, 5.41) is 10.9. The highest BCUT2D eigenvalue weighted by Gasteiger charge is 2.16. The first-order valence-electron chi connectivity index (χ1n) is 10.9. The molecule has 0 saturated carbocycles. The molecule has 1 amide bonds. The highest BCUT2D eigenvalue weighted by Crippen LogP contribution is 2.26. The van der Waals surface area contributed by atoms with Crippen molar-refractivity contribution >= 4 is 11.7 Å². The number of benzene rings is 1. The van der Waals surface area contributed by atoms with Gasteiger partial charge in [0.15, 0.2) is 5.82 Å². The molecule has 0 saturated heterocycles. The van der Waals surface area contributed by atoms with E-state index in [9.17, 15) is 4.79 Å². The van der Waals surface area contributed by atoms with Crippen LogP contribution in [0.2, 0.25) is 0 Å². The van der Waals surface area contributed by atoms with Crippen molar-refractivity contribution in [1.29, 1.82) is 0 Å². The lowest BCUT2D eigenvalue weighted by atomic mass is 10.1. The van der Waals surface area contributed by atoms with Gasteiger partial charge in [0, 0.05) is 6.54 Å². The minimum atomic E-state index is -0.346. The van der Waals surface area contributed by atoms with Crippen LogP contribution in [0.4, 0.5) is 5.82 Å². The second-order valence-corrected chi connectivity index (χ2v) is 7.24. The van der Waals surface area contributed by atoms with E-state index in [4.69, 9.17) is 9.47 Å². The molecule has 0 spiro atoms. The van der Waals surface area contributed by atoms with Gasteiger partial charge < -0.3 is 19.4 Å². The molecule has 172 valence electrons. The molecule has 0 aliphatic rings. The Kier molecular flexibility index (Phi) is 8.76. The van der Waals surface area contributed by atoms with E-state index in [0.717, 1.165) is 12.8 Å². The quantitative estimate of drug-likeness (QED) is 0.296. The standard InChI is InChI=1S/C25H29N5O3/c1-4-7-15-32-19-12-13-22(33-16-8-5-2)20(17-19)25(31)28-23-11-9-10-21(27-23)24-29-26-18-30(24)14-6-3/h5-6,9-13,17-18H,2-4,7-8,14-16H2,1H3,(H,27,28,31). The van der Waals surface area contributed by atoms with Crippen LogP contribution in [0.3, 0.4) is 0 Å². The zero-order chi connectivity index (χ0) is 23.5. The minimum absolute atomic E-state index is 0.346. The molecule has 2 heterocycles. The summed E-state index contributed by atoms with van der Waals surface area (Å²) < 4.78 is 13.4. The summed E-state index contributed by atoms with van der Waals surface area (Å²) in [7, 11) is 0. The second kappa shape index (κ2) is 12.2. The number of nitrogens with one attached hydrogen (secondary N) is 1. The van der Waals surface area contributed by atoms with Crippen molar-refractivity contribution in [2.45, 2.75) is 32.7 Å². The molecule has 0 radical (unpaired) electrons. The van der Waals surface area contributed by atoms with Crippen molar-refractivity contribution in [3.8, 4) is 23.0 Å². The summed E-state index contributed by atoms with van der Waals surface area (Å²) >= 11 is 0. The fourth-order valence-corrected chi connectivity index (χ4v) is 3.03. The molecule has 0 fully saturated rings. The number of rotatable bonds is 13. The summed E-state index contributed by atoms with van der Waals surface area (Å²) in [6.45, 7) is 11.1. The molecule has 1 N–H and O–H groups in total. The normalized spacial score (nSPS) is 10.5. The van der Waals surface area contributed by atoms with Gasteiger partial charge in [-0.15, -0.1) is 23.4 Å². The number of ether oxygens (including phenoxy) is 2. The number of nitrogens with zero attached hydrogens (tertiary/aromatic N) is 4. The van der Waals surface area contributed by atoms with Gasteiger partial charge in [0.25, 0.3) is 5.91 Å². The third-order valence-electron chi connectivity index (χ3n) is 4.70. The predicted molar refractivity (Wildman–Crippen MR) is 129 cm³/mol. The summed E-state index contributed by atoms with van der Waals surface area (Å²) in [4.78, 5) is 17.7. The van der Waals surface area contributed by atoms with Gasteiger partial charge in [0.2, 0.25) is 0 Å². The number of unbranched alkanes of at least 4 members (excludes halogenated alkanes) is 1. The van der Waals surface area contributed by atoms with Gasteiger partial charge in [-0.2, -0.15) is 0 Å². The minimum Gasteiger partial charge on any atom is -0.494 e. The van der Waals surface area contributed by atoms with Crippen molar-refractivity contribution < 1.29 is 14.3 Å². The van der Waals surface area contributed by atoms with Crippen LogP contribution in [0.1, 0.15) is 36.5 Å². The highest BCUT2D eigenvalue weighted by molar-refractivity contribution is 6.06. The number of amides is 1. The van der Waals surface area contributed by atoms with Gasteiger partial charge in [0.05, 0.1) is 18.8 Å². The van der Waals surface area contributed by atoms with Crippen LogP contribution in [-0.4, -0.2) is 38.9 Å². The SMILES string of the molecule is C=CCCOc1ccc(OCCCC)cc1C(=O)Nc1cccc(-c2nncn2CC=C)n1. The Bertz CT molecular complexity index is 1090. The highest BCUT2D eigenvalue weighted by atomic mass is 16.5. The molecule has 1 aromatic carbocycles. The van der Waals surface area contributed by atoms with E-state index in [1.807, 2.05) is 10.6 Å². The molecule has 3 aromatic rings. The van der Waals surface area contributed by atoms with E-state index in [0.29, 0.717) is 60.6 Å². The zero-order valence-corrected chi connectivity index (χ0v) is 18.9. The summed E-state index contributed by atoms with van der Waals surface area (Å²) in [6.07, 6.45) is 7.76. The molecular weight excluding hydrogens is 418 g/mol. The lowest BCUT2D eigenvalue weighted by Gasteiger charge is -2.14. The maximum Gasteiger partial charge on any atom is 0.260 e. The molecule has 8 nitrogen and oxygen atoms in total. The van der Waals surface area contributed by atoms with Crippen molar-refractivity contribution in [2.24, 2.45) is 0 Å². The van der Waals surface area contributed by atoms with Crippen molar-refractivity contribution in [2.75, 3.05) is 18.5 Å². The molecule has 0 aliphatic heterocycles. The van der Waals surface area contributed by atoms with Crippen LogP contribution in [0, 0.1) is 0 Å². The number of allylic oxidation sites excluding steroid dienone is 1. The molecule has 8 heteroatoms.